The summed E-state index contributed by atoms with van der Waals surface area (Å²) in [6.45, 7) is 0. The molecule has 0 unspecified atom stereocenters. The molecular formula is C22H21NO8. The van der Waals surface area contributed by atoms with Crippen molar-refractivity contribution >= 4 is 5.97 Å². The molecule has 0 fully saturated rings. The molecule has 0 amide bonds. The quantitative estimate of drug-likeness (QED) is 0.400. The number of carbonyl (C=O) groups is 1. The average Bonchev–Trinajstić information content (AvgIpc) is 3.27. The predicted molar refractivity (Wildman–Crippen MR) is 111 cm³/mol. The van der Waals surface area contributed by atoms with E-state index in [4.69, 9.17) is 33.2 Å². The molecule has 0 aliphatic rings. The number of hydrogen-bond acceptors (Lipinski definition) is 8. The third-order valence-electron chi connectivity index (χ3n) is 4.34. The molecule has 0 aliphatic heterocycles. The Morgan fingerprint density at radius 2 is 1.55 bits per heavy atom. The van der Waals surface area contributed by atoms with Crippen molar-refractivity contribution in [3.05, 3.63) is 49.1 Å². The van der Waals surface area contributed by atoms with Crippen LogP contribution in [0.4, 0.5) is 0 Å². The van der Waals surface area contributed by atoms with Crippen molar-refractivity contribution in [3.63, 3.8) is 0 Å². The van der Waals surface area contributed by atoms with Gasteiger partial charge in [-0.1, -0.05) is 0 Å². The van der Waals surface area contributed by atoms with Crippen LogP contribution in [0.15, 0.2) is 53.5 Å². The fraction of sp³-hybridized carbons (Fsp3) is 0.182. The Morgan fingerprint density at radius 1 is 0.903 bits per heavy atom. The Labute approximate surface area is 178 Å². The molecule has 1 aromatic heterocycles. The van der Waals surface area contributed by atoms with E-state index in [2.05, 4.69) is 4.98 Å². The van der Waals surface area contributed by atoms with Crippen molar-refractivity contribution in [1.82, 2.24) is 4.98 Å². The molecule has 162 valence electrons. The Hall–Kier alpha value is -4.14. The van der Waals surface area contributed by atoms with Crippen LogP contribution in [0, 0.1) is 0 Å². The highest BCUT2D eigenvalue weighted by atomic mass is 16.5. The summed E-state index contributed by atoms with van der Waals surface area (Å²) in [7, 11) is 6.07. The molecule has 0 atom stereocenters. The third-order valence-corrected chi connectivity index (χ3v) is 4.34. The first-order valence-electron chi connectivity index (χ1n) is 9.00. The third kappa shape index (κ3) is 4.55. The first-order chi connectivity index (χ1) is 15.0. The number of carboxylic acids is 1. The van der Waals surface area contributed by atoms with Crippen LogP contribution in [0.5, 0.6) is 28.7 Å². The zero-order valence-corrected chi connectivity index (χ0v) is 17.4. The van der Waals surface area contributed by atoms with Gasteiger partial charge >= 0.3 is 5.97 Å². The lowest BCUT2D eigenvalue weighted by Crippen LogP contribution is -1.96. The Balaban J connectivity index is 2.07. The maximum absolute atomic E-state index is 10.7. The van der Waals surface area contributed by atoms with Crippen LogP contribution in [0.3, 0.4) is 0 Å². The van der Waals surface area contributed by atoms with Crippen LogP contribution in [0.25, 0.3) is 22.6 Å². The number of nitrogens with zero attached hydrogens (tertiary/aromatic N) is 1. The minimum atomic E-state index is -1.13. The van der Waals surface area contributed by atoms with Gasteiger partial charge in [0, 0.05) is 11.1 Å². The van der Waals surface area contributed by atoms with Gasteiger partial charge in [0.15, 0.2) is 35.2 Å². The molecule has 0 radical (unpaired) electrons. The summed E-state index contributed by atoms with van der Waals surface area (Å²) in [6, 6.07) is 8.64. The van der Waals surface area contributed by atoms with Gasteiger partial charge in [-0.3, -0.25) is 0 Å². The molecule has 0 bridgehead atoms. The largest absolute Gasteiger partial charge is 0.493 e. The van der Waals surface area contributed by atoms with E-state index in [9.17, 15) is 4.79 Å². The van der Waals surface area contributed by atoms with E-state index in [0.29, 0.717) is 51.3 Å². The zero-order valence-electron chi connectivity index (χ0n) is 17.4. The van der Waals surface area contributed by atoms with Crippen LogP contribution in [-0.4, -0.2) is 44.5 Å². The van der Waals surface area contributed by atoms with Crippen molar-refractivity contribution in [1.29, 1.82) is 0 Å². The van der Waals surface area contributed by atoms with Gasteiger partial charge in [0.1, 0.15) is 5.69 Å². The van der Waals surface area contributed by atoms with Crippen LogP contribution in [0.1, 0.15) is 0 Å². The van der Waals surface area contributed by atoms with Gasteiger partial charge in [-0.15, -0.1) is 0 Å². The summed E-state index contributed by atoms with van der Waals surface area (Å²) in [5.74, 6) is 1.48. The summed E-state index contributed by atoms with van der Waals surface area (Å²) in [5.41, 5.74) is 1.86. The number of rotatable bonds is 9. The smallest absolute Gasteiger partial charge is 0.331 e. The molecule has 9 heteroatoms. The van der Waals surface area contributed by atoms with Crippen molar-refractivity contribution < 1.29 is 38.0 Å². The van der Waals surface area contributed by atoms with Crippen molar-refractivity contribution in [2.75, 3.05) is 28.4 Å². The molecule has 0 aliphatic carbocycles. The predicted octanol–water partition coefficient (Wildman–Crippen LogP) is 4.02. The minimum absolute atomic E-state index is 0.310. The van der Waals surface area contributed by atoms with E-state index >= 15 is 0 Å². The number of methoxy groups -OCH3 is 4. The van der Waals surface area contributed by atoms with Crippen molar-refractivity contribution in [3.8, 4) is 51.3 Å². The van der Waals surface area contributed by atoms with E-state index in [1.807, 2.05) is 0 Å². The number of ether oxygens (including phenoxy) is 5. The Kier molecular flexibility index (Phi) is 6.66. The van der Waals surface area contributed by atoms with Crippen molar-refractivity contribution in [2.24, 2.45) is 0 Å². The fourth-order valence-electron chi connectivity index (χ4n) is 2.95. The minimum Gasteiger partial charge on any atom is -0.493 e. The number of hydrogen-bond donors (Lipinski definition) is 1. The number of aliphatic carboxylic acids is 1. The van der Waals surface area contributed by atoms with E-state index in [0.717, 1.165) is 12.3 Å². The number of carboxylic acid groups (broad SMARTS) is 1. The standard InChI is InChI=1S/C22H21NO8/c1-26-15-6-5-13(9-16(15)30-8-7-19(24)25)21-20(23-12-31-21)14-10-17(27-2)22(29-4)18(11-14)28-3/h5-12H,1-4H3,(H,24,25)/b8-7+. The first-order valence-corrected chi connectivity index (χ1v) is 9.00. The van der Waals surface area contributed by atoms with Gasteiger partial charge < -0.3 is 33.2 Å². The van der Waals surface area contributed by atoms with Gasteiger partial charge in [0.05, 0.1) is 40.8 Å². The van der Waals surface area contributed by atoms with E-state index in [1.165, 1.54) is 34.8 Å². The topological polar surface area (TPSA) is 109 Å². The van der Waals surface area contributed by atoms with Crippen LogP contribution < -0.4 is 23.7 Å². The number of oxazole rings is 1. The summed E-state index contributed by atoms with van der Waals surface area (Å²) in [4.78, 5) is 15.0. The molecule has 0 saturated heterocycles. The number of benzene rings is 2. The summed E-state index contributed by atoms with van der Waals surface area (Å²) < 4.78 is 32.6. The molecule has 9 nitrogen and oxygen atoms in total. The lowest BCUT2D eigenvalue weighted by atomic mass is 10.0. The summed E-state index contributed by atoms with van der Waals surface area (Å²) in [6.07, 6.45) is 3.26. The molecule has 31 heavy (non-hydrogen) atoms. The Morgan fingerprint density at radius 3 is 2.13 bits per heavy atom. The highest BCUT2D eigenvalue weighted by molar-refractivity contribution is 5.81. The van der Waals surface area contributed by atoms with E-state index < -0.39 is 5.97 Å². The molecule has 1 N–H and O–H groups in total. The van der Waals surface area contributed by atoms with Crippen LogP contribution in [0.2, 0.25) is 0 Å². The van der Waals surface area contributed by atoms with Crippen molar-refractivity contribution in [2.45, 2.75) is 0 Å². The highest BCUT2D eigenvalue weighted by Gasteiger charge is 2.20. The molecular weight excluding hydrogens is 406 g/mol. The lowest BCUT2D eigenvalue weighted by Gasteiger charge is -2.14. The lowest BCUT2D eigenvalue weighted by molar-refractivity contribution is -0.131. The number of aromatic nitrogens is 1. The van der Waals surface area contributed by atoms with Gasteiger partial charge in [-0.05, 0) is 30.3 Å². The SMILES string of the molecule is COc1ccc(-c2ocnc2-c2cc(OC)c(OC)c(OC)c2)cc1O/C=C/C(=O)O. The van der Waals surface area contributed by atoms with Gasteiger partial charge in [-0.2, -0.15) is 0 Å². The average molecular weight is 427 g/mol. The van der Waals surface area contributed by atoms with Gasteiger partial charge in [-0.25, -0.2) is 9.78 Å². The Bertz CT molecular complexity index is 1080. The summed E-state index contributed by atoms with van der Waals surface area (Å²) >= 11 is 0. The van der Waals surface area contributed by atoms with E-state index in [1.54, 1.807) is 30.3 Å². The molecule has 0 saturated carbocycles. The second-order valence-electron chi connectivity index (χ2n) is 6.07. The second-order valence-corrected chi connectivity index (χ2v) is 6.07. The molecule has 2 aromatic carbocycles. The van der Waals surface area contributed by atoms with E-state index in [-0.39, 0.29) is 0 Å². The maximum atomic E-state index is 10.7. The molecule has 1 heterocycles. The maximum Gasteiger partial charge on any atom is 0.331 e. The van der Waals surface area contributed by atoms with Crippen LogP contribution >= 0.6 is 0 Å². The first kappa shape index (κ1) is 21.6. The fourth-order valence-corrected chi connectivity index (χ4v) is 2.95. The van der Waals surface area contributed by atoms with Gasteiger partial charge in [0.2, 0.25) is 5.75 Å². The monoisotopic (exact) mass is 427 g/mol. The molecule has 0 spiro atoms. The molecule has 3 aromatic rings. The van der Waals surface area contributed by atoms with Gasteiger partial charge in [0.25, 0.3) is 0 Å². The molecule has 3 rings (SSSR count). The normalized spacial score (nSPS) is 10.7. The zero-order chi connectivity index (χ0) is 22.4. The van der Waals surface area contributed by atoms with Crippen LogP contribution in [-0.2, 0) is 4.79 Å². The summed E-state index contributed by atoms with van der Waals surface area (Å²) in [5, 5.41) is 8.76. The highest BCUT2D eigenvalue weighted by Crippen LogP contribution is 2.43. The second kappa shape index (κ2) is 9.57.